The number of hydrogen-bond donors (Lipinski definition) is 1. The van der Waals surface area contributed by atoms with Crippen LogP contribution in [0.2, 0.25) is 0 Å². The van der Waals surface area contributed by atoms with Crippen LogP contribution in [0.1, 0.15) is 17.3 Å². The topological polar surface area (TPSA) is 37.8 Å². The maximum Gasteiger partial charge on any atom is 0.0761 e. The van der Waals surface area contributed by atoms with Crippen LogP contribution < -0.4 is 5.32 Å². The SMILES string of the molecule is CNC(c1ccc2ncccc2c1)c1ncc(Br)cc1Br. The van der Waals surface area contributed by atoms with E-state index in [2.05, 4.69) is 65.3 Å². The summed E-state index contributed by atoms with van der Waals surface area (Å²) in [6, 6.07) is 12.3. The van der Waals surface area contributed by atoms with Gasteiger partial charge in [0.2, 0.25) is 0 Å². The molecule has 2 aromatic heterocycles. The number of hydrogen-bond acceptors (Lipinski definition) is 3. The number of nitrogens with zero attached hydrogens (tertiary/aromatic N) is 2. The first-order valence-corrected chi connectivity index (χ1v) is 8.10. The molecule has 0 aliphatic carbocycles. The third-order valence-electron chi connectivity index (χ3n) is 3.36. The molecule has 0 bridgehead atoms. The van der Waals surface area contributed by atoms with Crippen molar-refractivity contribution in [2.24, 2.45) is 0 Å². The summed E-state index contributed by atoms with van der Waals surface area (Å²) in [7, 11) is 1.94. The van der Waals surface area contributed by atoms with Crippen LogP contribution in [0.15, 0.2) is 57.7 Å². The molecular formula is C16H13Br2N3. The van der Waals surface area contributed by atoms with Crippen LogP contribution >= 0.6 is 31.9 Å². The monoisotopic (exact) mass is 405 g/mol. The van der Waals surface area contributed by atoms with Crippen LogP contribution in [0.4, 0.5) is 0 Å². The van der Waals surface area contributed by atoms with E-state index >= 15 is 0 Å². The Morgan fingerprint density at radius 2 is 1.95 bits per heavy atom. The van der Waals surface area contributed by atoms with Crippen molar-refractivity contribution in [2.45, 2.75) is 6.04 Å². The average Bonchev–Trinajstić information content (AvgIpc) is 2.50. The normalized spacial score (nSPS) is 12.5. The summed E-state index contributed by atoms with van der Waals surface area (Å²) in [5.74, 6) is 0. The lowest BCUT2D eigenvalue weighted by molar-refractivity contribution is 0.668. The molecule has 1 atom stereocenters. The van der Waals surface area contributed by atoms with Gasteiger partial charge in [-0.2, -0.15) is 0 Å². The Labute approximate surface area is 140 Å². The smallest absolute Gasteiger partial charge is 0.0761 e. The summed E-state index contributed by atoms with van der Waals surface area (Å²) in [6.45, 7) is 0. The fraction of sp³-hybridized carbons (Fsp3) is 0.125. The van der Waals surface area contributed by atoms with Gasteiger partial charge in [-0.15, -0.1) is 0 Å². The molecule has 1 aromatic carbocycles. The summed E-state index contributed by atoms with van der Waals surface area (Å²) in [4.78, 5) is 8.89. The molecule has 0 amide bonds. The largest absolute Gasteiger partial charge is 0.308 e. The first-order chi connectivity index (χ1) is 10.2. The van der Waals surface area contributed by atoms with Gasteiger partial charge >= 0.3 is 0 Å². The first kappa shape index (κ1) is 14.6. The highest BCUT2D eigenvalue weighted by molar-refractivity contribution is 9.11. The van der Waals surface area contributed by atoms with Crippen LogP contribution in [0.5, 0.6) is 0 Å². The first-order valence-electron chi connectivity index (χ1n) is 6.52. The number of halogens is 2. The lowest BCUT2D eigenvalue weighted by atomic mass is 10.0. The molecule has 1 N–H and O–H groups in total. The van der Waals surface area contributed by atoms with Gasteiger partial charge in [-0.1, -0.05) is 12.1 Å². The molecule has 3 rings (SSSR count). The molecule has 3 aromatic rings. The highest BCUT2D eigenvalue weighted by atomic mass is 79.9. The second-order valence-electron chi connectivity index (χ2n) is 4.70. The van der Waals surface area contributed by atoms with Crippen LogP contribution in [0, 0.1) is 0 Å². The van der Waals surface area contributed by atoms with E-state index in [0.717, 1.165) is 31.1 Å². The minimum atomic E-state index is 0.0251. The molecule has 3 nitrogen and oxygen atoms in total. The summed E-state index contributed by atoms with van der Waals surface area (Å²) < 4.78 is 1.93. The highest BCUT2D eigenvalue weighted by Crippen LogP contribution is 2.29. The van der Waals surface area contributed by atoms with Gasteiger partial charge in [-0.3, -0.25) is 9.97 Å². The standard InChI is InChI=1S/C16H13Br2N3/c1-19-15(16-13(18)8-12(17)9-21-16)11-4-5-14-10(7-11)3-2-6-20-14/h2-9,15,19H,1H3. The Balaban J connectivity index is 2.09. The summed E-state index contributed by atoms with van der Waals surface area (Å²) >= 11 is 7.03. The maximum absolute atomic E-state index is 4.53. The van der Waals surface area contributed by atoms with E-state index in [1.807, 2.05) is 37.6 Å². The van der Waals surface area contributed by atoms with Crippen molar-refractivity contribution in [3.8, 4) is 0 Å². The number of benzene rings is 1. The van der Waals surface area contributed by atoms with E-state index in [1.165, 1.54) is 0 Å². The summed E-state index contributed by atoms with van der Waals surface area (Å²) in [6.07, 6.45) is 3.62. The quantitative estimate of drug-likeness (QED) is 0.697. The fourth-order valence-corrected chi connectivity index (χ4v) is 3.59. The third kappa shape index (κ3) is 3.00. The lowest BCUT2D eigenvalue weighted by Gasteiger charge is -2.18. The van der Waals surface area contributed by atoms with Crippen molar-refractivity contribution in [1.82, 2.24) is 15.3 Å². The van der Waals surface area contributed by atoms with Crippen molar-refractivity contribution in [3.63, 3.8) is 0 Å². The Kier molecular flexibility index (Phi) is 4.33. The Hall–Kier alpha value is -1.30. The second kappa shape index (κ2) is 6.22. The molecule has 106 valence electrons. The molecular weight excluding hydrogens is 394 g/mol. The lowest BCUT2D eigenvalue weighted by Crippen LogP contribution is -2.19. The van der Waals surface area contributed by atoms with Gasteiger partial charge in [0.05, 0.1) is 17.3 Å². The van der Waals surface area contributed by atoms with Crippen molar-refractivity contribution >= 4 is 42.8 Å². The average molecular weight is 407 g/mol. The van der Waals surface area contributed by atoms with Crippen LogP contribution in [-0.2, 0) is 0 Å². The number of nitrogens with one attached hydrogen (secondary N) is 1. The van der Waals surface area contributed by atoms with Crippen LogP contribution in [0.3, 0.4) is 0 Å². The molecule has 0 aliphatic heterocycles. The zero-order valence-electron chi connectivity index (χ0n) is 11.3. The molecule has 2 heterocycles. The van der Waals surface area contributed by atoms with Gasteiger partial charge < -0.3 is 5.32 Å². The van der Waals surface area contributed by atoms with Gasteiger partial charge in [0.1, 0.15) is 0 Å². The van der Waals surface area contributed by atoms with E-state index in [1.54, 1.807) is 0 Å². The van der Waals surface area contributed by atoms with Crippen molar-refractivity contribution in [2.75, 3.05) is 7.05 Å². The van der Waals surface area contributed by atoms with Crippen molar-refractivity contribution in [1.29, 1.82) is 0 Å². The Morgan fingerprint density at radius 1 is 1.10 bits per heavy atom. The summed E-state index contributed by atoms with van der Waals surface area (Å²) in [5, 5.41) is 4.46. The Morgan fingerprint density at radius 3 is 2.71 bits per heavy atom. The molecule has 0 saturated carbocycles. The van der Waals surface area contributed by atoms with Crippen molar-refractivity contribution in [3.05, 3.63) is 69.0 Å². The molecule has 1 unspecified atom stereocenters. The molecule has 0 saturated heterocycles. The fourth-order valence-electron chi connectivity index (χ4n) is 2.37. The zero-order chi connectivity index (χ0) is 14.8. The van der Waals surface area contributed by atoms with E-state index in [9.17, 15) is 0 Å². The van der Waals surface area contributed by atoms with Gasteiger partial charge in [0, 0.05) is 26.7 Å². The Bertz CT molecular complexity index is 789. The minimum absolute atomic E-state index is 0.0251. The van der Waals surface area contributed by atoms with E-state index in [4.69, 9.17) is 0 Å². The molecule has 5 heteroatoms. The molecule has 0 fully saturated rings. The number of rotatable bonds is 3. The van der Waals surface area contributed by atoms with Gasteiger partial charge in [0.25, 0.3) is 0 Å². The zero-order valence-corrected chi connectivity index (χ0v) is 14.5. The molecule has 0 aliphatic rings. The second-order valence-corrected chi connectivity index (χ2v) is 6.47. The van der Waals surface area contributed by atoms with Gasteiger partial charge in [-0.05, 0) is 68.7 Å². The third-order valence-corrected chi connectivity index (χ3v) is 4.43. The molecule has 21 heavy (non-hydrogen) atoms. The predicted molar refractivity (Wildman–Crippen MR) is 92.3 cm³/mol. The highest BCUT2D eigenvalue weighted by Gasteiger charge is 2.17. The van der Waals surface area contributed by atoms with Gasteiger partial charge in [0.15, 0.2) is 0 Å². The maximum atomic E-state index is 4.53. The summed E-state index contributed by atoms with van der Waals surface area (Å²) in [5.41, 5.74) is 3.12. The van der Waals surface area contributed by atoms with E-state index in [0.29, 0.717) is 0 Å². The number of pyridine rings is 2. The number of fused-ring (bicyclic) bond motifs is 1. The van der Waals surface area contributed by atoms with E-state index in [-0.39, 0.29) is 6.04 Å². The minimum Gasteiger partial charge on any atom is -0.308 e. The predicted octanol–water partition coefficient (Wildman–Crippen LogP) is 4.46. The van der Waals surface area contributed by atoms with Crippen LogP contribution in [0.25, 0.3) is 10.9 Å². The molecule has 0 spiro atoms. The van der Waals surface area contributed by atoms with Gasteiger partial charge in [-0.25, -0.2) is 0 Å². The van der Waals surface area contributed by atoms with E-state index < -0.39 is 0 Å². The molecule has 0 radical (unpaired) electrons. The van der Waals surface area contributed by atoms with Crippen LogP contribution in [-0.4, -0.2) is 17.0 Å². The number of aromatic nitrogens is 2. The van der Waals surface area contributed by atoms with Crippen molar-refractivity contribution < 1.29 is 0 Å².